The summed E-state index contributed by atoms with van der Waals surface area (Å²) in [6.07, 6.45) is 0. The molecule has 0 N–H and O–H groups in total. The molecular formula is C17H17ClO4. The second-order valence-electron chi connectivity index (χ2n) is 4.55. The molecule has 2 aromatic carbocycles. The van der Waals surface area contributed by atoms with Crippen LogP contribution in [0.5, 0.6) is 17.2 Å². The predicted molar refractivity (Wildman–Crippen MR) is 84.9 cm³/mol. The van der Waals surface area contributed by atoms with E-state index in [1.54, 1.807) is 30.3 Å². The first-order valence-electron chi connectivity index (χ1n) is 6.91. The van der Waals surface area contributed by atoms with E-state index in [9.17, 15) is 4.79 Å². The maximum Gasteiger partial charge on any atom is 0.349 e. The number of para-hydroxylation sites is 2. The van der Waals surface area contributed by atoms with Crippen molar-refractivity contribution in [1.29, 1.82) is 0 Å². The molecule has 0 radical (unpaired) electrons. The smallest absolute Gasteiger partial charge is 0.349 e. The average molecular weight is 321 g/mol. The first kappa shape index (κ1) is 16.2. The zero-order chi connectivity index (χ0) is 15.9. The molecule has 0 aliphatic carbocycles. The number of esters is 1. The highest BCUT2D eigenvalue weighted by Crippen LogP contribution is 2.26. The molecule has 0 fully saturated rings. The lowest BCUT2D eigenvalue weighted by Gasteiger charge is -2.11. The van der Waals surface area contributed by atoms with Crippen LogP contribution in [0.2, 0.25) is 5.02 Å². The van der Waals surface area contributed by atoms with Crippen LogP contribution in [0.3, 0.4) is 0 Å². The highest BCUT2D eigenvalue weighted by atomic mass is 35.5. The highest BCUT2D eigenvalue weighted by molar-refractivity contribution is 6.31. The minimum atomic E-state index is -0.493. The van der Waals surface area contributed by atoms with Crippen LogP contribution in [0.25, 0.3) is 0 Å². The molecule has 5 heteroatoms. The summed E-state index contributed by atoms with van der Waals surface area (Å²) in [5, 5.41) is 0.627. The Morgan fingerprint density at radius 1 is 1.09 bits per heavy atom. The Labute approximate surface area is 134 Å². The lowest BCUT2D eigenvalue weighted by atomic mass is 10.2. The number of carbonyl (C=O) groups is 1. The third kappa shape index (κ3) is 4.40. The van der Waals surface area contributed by atoms with Gasteiger partial charge in [-0.25, -0.2) is 4.79 Å². The Bertz CT molecular complexity index is 655. The fourth-order valence-electron chi connectivity index (χ4n) is 1.82. The quantitative estimate of drug-likeness (QED) is 0.595. The first-order chi connectivity index (χ1) is 10.6. The van der Waals surface area contributed by atoms with Crippen molar-refractivity contribution < 1.29 is 19.0 Å². The normalized spacial score (nSPS) is 10.1. The van der Waals surface area contributed by atoms with Gasteiger partial charge < -0.3 is 14.2 Å². The second kappa shape index (κ2) is 7.71. The average Bonchev–Trinajstić information content (AvgIpc) is 2.50. The monoisotopic (exact) mass is 320 g/mol. The van der Waals surface area contributed by atoms with Crippen molar-refractivity contribution in [2.24, 2.45) is 0 Å². The van der Waals surface area contributed by atoms with Gasteiger partial charge in [-0.05, 0) is 49.7 Å². The minimum Gasteiger partial charge on any atom is -0.490 e. The molecule has 22 heavy (non-hydrogen) atoms. The van der Waals surface area contributed by atoms with Gasteiger partial charge >= 0.3 is 5.97 Å². The molecule has 0 saturated carbocycles. The molecule has 0 saturated heterocycles. The first-order valence-corrected chi connectivity index (χ1v) is 7.29. The maximum atomic E-state index is 11.8. The van der Waals surface area contributed by atoms with E-state index >= 15 is 0 Å². The van der Waals surface area contributed by atoms with Crippen LogP contribution in [0.15, 0.2) is 42.5 Å². The summed E-state index contributed by atoms with van der Waals surface area (Å²) >= 11 is 5.93. The van der Waals surface area contributed by atoms with E-state index in [-0.39, 0.29) is 6.61 Å². The molecule has 0 aliphatic heterocycles. The molecular weight excluding hydrogens is 304 g/mol. The Balaban J connectivity index is 1.94. The number of benzene rings is 2. The number of hydrogen-bond acceptors (Lipinski definition) is 4. The van der Waals surface area contributed by atoms with Gasteiger partial charge in [0.2, 0.25) is 0 Å². The molecule has 116 valence electrons. The number of ether oxygens (including phenoxy) is 3. The van der Waals surface area contributed by atoms with Crippen molar-refractivity contribution >= 4 is 17.6 Å². The third-order valence-corrected chi connectivity index (χ3v) is 3.28. The third-order valence-electron chi connectivity index (χ3n) is 2.86. The van der Waals surface area contributed by atoms with Crippen molar-refractivity contribution in [2.75, 3.05) is 13.2 Å². The van der Waals surface area contributed by atoms with Crippen molar-refractivity contribution in [2.45, 2.75) is 13.8 Å². The van der Waals surface area contributed by atoms with Gasteiger partial charge in [-0.15, -0.1) is 0 Å². The number of aryl methyl sites for hydroxylation is 1. The summed E-state index contributed by atoms with van der Waals surface area (Å²) in [5.74, 6) is 1.05. The summed E-state index contributed by atoms with van der Waals surface area (Å²) < 4.78 is 16.1. The second-order valence-corrected chi connectivity index (χ2v) is 4.96. The summed E-state index contributed by atoms with van der Waals surface area (Å²) in [6, 6.07) is 12.2. The SMILES string of the molecule is CCOc1ccccc1OCC(=O)Oc1ccc(Cl)c(C)c1. The van der Waals surface area contributed by atoms with Crippen LogP contribution < -0.4 is 14.2 Å². The van der Waals surface area contributed by atoms with E-state index in [2.05, 4.69) is 0 Å². The summed E-state index contributed by atoms with van der Waals surface area (Å²) in [6.45, 7) is 4.04. The van der Waals surface area contributed by atoms with Gasteiger partial charge in [0, 0.05) is 5.02 Å². The Hall–Kier alpha value is -2.20. The lowest BCUT2D eigenvalue weighted by molar-refractivity contribution is -0.136. The molecule has 2 aromatic rings. The van der Waals surface area contributed by atoms with E-state index in [4.69, 9.17) is 25.8 Å². The zero-order valence-electron chi connectivity index (χ0n) is 12.5. The van der Waals surface area contributed by atoms with Crippen LogP contribution in [0.1, 0.15) is 12.5 Å². The highest BCUT2D eigenvalue weighted by Gasteiger charge is 2.10. The predicted octanol–water partition coefficient (Wildman–Crippen LogP) is 4.03. The van der Waals surface area contributed by atoms with Crippen LogP contribution >= 0.6 is 11.6 Å². The van der Waals surface area contributed by atoms with E-state index in [1.807, 2.05) is 26.0 Å². The van der Waals surface area contributed by atoms with Crippen LogP contribution in [-0.4, -0.2) is 19.2 Å². The molecule has 0 aliphatic rings. The molecule has 0 amide bonds. The topological polar surface area (TPSA) is 44.8 Å². The minimum absolute atomic E-state index is 0.203. The number of rotatable bonds is 6. The van der Waals surface area contributed by atoms with E-state index < -0.39 is 5.97 Å². The standard InChI is InChI=1S/C17H17ClO4/c1-3-20-15-6-4-5-7-16(15)21-11-17(19)22-13-8-9-14(18)12(2)10-13/h4-10H,3,11H2,1-2H3. The van der Waals surface area contributed by atoms with Gasteiger partial charge in [0.1, 0.15) is 5.75 Å². The molecule has 0 aromatic heterocycles. The van der Waals surface area contributed by atoms with Gasteiger partial charge in [0.05, 0.1) is 6.61 Å². The molecule has 2 rings (SSSR count). The fraction of sp³-hybridized carbons (Fsp3) is 0.235. The van der Waals surface area contributed by atoms with Crippen LogP contribution in [0, 0.1) is 6.92 Å². The zero-order valence-corrected chi connectivity index (χ0v) is 13.2. The molecule has 0 spiro atoms. The van der Waals surface area contributed by atoms with Gasteiger partial charge in [0.15, 0.2) is 18.1 Å². The fourth-order valence-corrected chi connectivity index (χ4v) is 1.94. The van der Waals surface area contributed by atoms with Gasteiger partial charge in [0.25, 0.3) is 0 Å². The van der Waals surface area contributed by atoms with E-state index in [0.29, 0.717) is 28.9 Å². The number of hydrogen-bond donors (Lipinski definition) is 0. The molecule has 0 bridgehead atoms. The summed E-state index contributed by atoms with van der Waals surface area (Å²) in [5.41, 5.74) is 0.842. The summed E-state index contributed by atoms with van der Waals surface area (Å²) in [4.78, 5) is 11.8. The maximum absolute atomic E-state index is 11.8. The molecule has 4 nitrogen and oxygen atoms in total. The largest absolute Gasteiger partial charge is 0.490 e. The van der Waals surface area contributed by atoms with Crippen molar-refractivity contribution in [1.82, 2.24) is 0 Å². The van der Waals surface area contributed by atoms with Gasteiger partial charge in [-0.2, -0.15) is 0 Å². The number of halogens is 1. The van der Waals surface area contributed by atoms with Crippen molar-refractivity contribution in [3.63, 3.8) is 0 Å². The lowest BCUT2D eigenvalue weighted by Crippen LogP contribution is -2.18. The van der Waals surface area contributed by atoms with E-state index in [0.717, 1.165) is 5.56 Å². The van der Waals surface area contributed by atoms with Gasteiger partial charge in [-0.1, -0.05) is 23.7 Å². The Morgan fingerprint density at radius 3 is 2.41 bits per heavy atom. The summed E-state index contributed by atoms with van der Waals surface area (Å²) in [7, 11) is 0. The van der Waals surface area contributed by atoms with Crippen LogP contribution in [0.4, 0.5) is 0 Å². The van der Waals surface area contributed by atoms with Crippen molar-refractivity contribution in [3.05, 3.63) is 53.1 Å². The Morgan fingerprint density at radius 2 is 1.77 bits per heavy atom. The molecule has 0 heterocycles. The Kier molecular flexibility index (Phi) is 5.67. The van der Waals surface area contributed by atoms with Gasteiger partial charge in [-0.3, -0.25) is 0 Å². The molecule has 0 unspecified atom stereocenters. The molecule has 0 atom stereocenters. The van der Waals surface area contributed by atoms with Crippen LogP contribution in [-0.2, 0) is 4.79 Å². The van der Waals surface area contributed by atoms with Crippen molar-refractivity contribution in [3.8, 4) is 17.2 Å². The van der Waals surface area contributed by atoms with E-state index in [1.165, 1.54) is 0 Å². The number of carbonyl (C=O) groups excluding carboxylic acids is 1.